The molecular weight excluding hydrogens is 280 g/mol. The van der Waals surface area contributed by atoms with Crippen molar-refractivity contribution in [3.63, 3.8) is 0 Å². The molecule has 2 fully saturated rings. The molecule has 0 amide bonds. The van der Waals surface area contributed by atoms with E-state index in [9.17, 15) is 9.59 Å². The van der Waals surface area contributed by atoms with Crippen LogP contribution in [0.25, 0.3) is 0 Å². The Balaban J connectivity index is 1.94. The van der Waals surface area contributed by atoms with Crippen LogP contribution >= 0.6 is 10.9 Å². The van der Waals surface area contributed by atoms with E-state index in [1.165, 1.54) is 4.90 Å². The molecule has 2 aliphatic rings. The molecule has 1 aromatic rings. The zero-order valence-corrected chi connectivity index (χ0v) is 13.4. The van der Waals surface area contributed by atoms with E-state index in [1.54, 1.807) is 0 Å². The second kappa shape index (κ2) is 6.78. The zero-order valence-electron chi connectivity index (χ0n) is 12.5. The first-order valence-electron chi connectivity index (χ1n) is 8.16. The summed E-state index contributed by atoms with van der Waals surface area (Å²) in [4.78, 5) is 26.2. The summed E-state index contributed by atoms with van der Waals surface area (Å²) in [5, 5.41) is 0.256. The number of carbonyl (C=O) groups is 2. The fourth-order valence-electron chi connectivity index (χ4n) is 3.69. The van der Waals surface area contributed by atoms with Gasteiger partial charge in [0.2, 0.25) is 0 Å². The molecule has 2 aliphatic carbocycles. The van der Waals surface area contributed by atoms with Crippen LogP contribution in [0.5, 0.6) is 0 Å². The molecule has 0 bridgehead atoms. The van der Waals surface area contributed by atoms with Crippen LogP contribution in [0.4, 0.5) is 0 Å². The van der Waals surface area contributed by atoms with Crippen LogP contribution in [-0.2, 0) is 9.59 Å². The lowest BCUT2D eigenvalue weighted by Gasteiger charge is -2.39. The first kappa shape index (κ1) is 14.8. The summed E-state index contributed by atoms with van der Waals surface area (Å²) in [6.45, 7) is 0. The third-order valence-corrected chi connectivity index (χ3v) is 8.10. The van der Waals surface area contributed by atoms with Crippen molar-refractivity contribution in [1.82, 2.24) is 0 Å². The monoisotopic (exact) mass is 304 g/mol. The minimum absolute atomic E-state index is 0.128. The minimum Gasteiger partial charge on any atom is -0.299 e. The van der Waals surface area contributed by atoms with E-state index in [1.807, 2.05) is 18.2 Å². The quantitative estimate of drug-likeness (QED) is 0.854. The number of rotatable bonds is 3. The number of hydrogen-bond donors (Lipinski definition) is 1. The van der Waals surface area contributed by atoms with Crippen molar-refractivity contribution in [2.45, 2.75) is 66.8 Å². The standard InChI is InChI=1S/C18H24O2S/c19-15-10-4-6-12-17(15)21(14-8-2-1-3-9-14)18-13-7-5-11-16(18)20/h1-3,8-9,17-18,21H,4-7,10-13H2. The first-order valence-corrected chi connectivity index (χ1v) is 9.64. The van der Waals surface area contributed by atoms with Gasteiger partial charge in [-0.2, -0.15) is 0 Å². The molecule has 2 unspecified atom stereocenters. The SMILES string of the molecule is O=C1CCCCC1[SH](c1ccccc1)C1CCCCC1=O. The first-order chi connectivity index (χ1) is 10.3. The van der Waals surface area contributed by atoms with Gasteiger partial charge in [0.05, 0.1) is 0 Å². The van der Waals surface area contributed by atoms with Crippen LogP contribution in [0, 0.1) is 0 Å². The number of thiol groups is 1. The molecule has 0 heterocycles. The molecule has 2 atom stereocenters. The maximum Gasteiger partial charge on any atom is 0.144 e. The van der Waals surface area contributed by atoms with Gasteiger partial charge in [0.25, 0.3) is 0 Å². The van der Waals surface area contributed by atoms with Gasteiger partial charge < -0.3 is 0 Å². The van der Waals surface area contributed by atoms with E-state index in [0.717, 1.165) is 51.4 Å². The van der Waals surface area contributed by atoms with Crippen LogP contribution in [0.15, 0.2) is 35.2 Å². The molecule has 0 saturated heterocycles. The van der Waals surface area contributed by atoms with Crippen LogP contribution < -0.4 is 0 Å². The summed E-state index contributed by atoms with van der Waals surface area (Å²) >= 11 is 0. The average molecular weight is 304 g/mol. The Kier molecular flexibility index (Phi) is 4.79. The predicted octanol–water partition coefficient (Wildman–Crippen LogP) is 4.07. The van der Waals surface area contributed by atoms with Gasteiger partial charge in [-0.3, -0.25) is 9.59 Å². The molecule has 3 heteroatoms. The molecule has 0 radical (unpaired) electrons. The molecule has 114 valence electrons. The third kappa shape index (κ3) is 3.23. The van der Waals surface area contributed by atoms with Gasteiger partial charge in [0.1, 0.15) is 11.6 Å². The highest BCUT2D eigenvalue weighted by Crippen LogP contribution is 2.52. The van der Waals surface area contributed by atoms with E-state index in [4.69, 9.17) is 0 Å². The molecule has 21 heavy (non-hydrogen) atoms. The van der Waals surface area contributed by atoms with E-state index < -0.39 is 10.9 Å². The fraction of sp³-hybridized carbons (Fsp3) is 0.556. The number of ketones is 2. The van der Waals surface area contributed by atoms with Crippen molar-refractivity contribution < 1.29 is 9.59 Å². The Hall–Kier alpha value is -1.09. The lowest BCUT2D eigenvalue weighted by atomic mass is 9.98. The number of carbonyl (C=O) groups excluding carboxylic acids is 2. The number of benzene rings is 1. The predicted molar refractivity (Wildman–Crippen MR) is 88.2 cm³/mol. The minimum atomic E-state index is -0.670. The Morgan fingerprint density at radius 3 is 1.76 bits per heavy atom. The van der Waals surface area contributed by atoms with Gasteiger partial charge in [0.15, 0.2) is 0 Å². The van der Waals surface area contributed by atoms with Gasteiger partial charge in [-0.05, 0) is 30.6 Å². The summed E-state index contributed by atoms with van der Waals surface area (Å²) < 4.78 is 0. The molecule has 2 nitrogen and oxygen atoms in total. The molecule has 0 spiro atoms. The Morgan fingerprint density at radius 2 is 1.29 bits per heavy atom. The summed E-state index contributed by atoms with van der Waals surface area (Å²) in [7, 11) is -0.670. The maximum absolute atomic E-state index is 12.5. The zero-order chi connectivity index (χ0) is 14.7. The van der Waals surface area contributed by atoms with Crippen molar-refractivity contribution in [3.8, 4) is 0 Å². The van der Waals surface area contributed by atoms with Crippen LogP contribution in [-0.4, -0.2) is 22.1 Å². The van der Waals surface area contributed by atoms with Gasteiger partial charge in [-0.15, -0.1) is 0 Å². The van der Waals surface area contributed by atoms with Crippen LogP contribution in [0.3, 0.4) is 0 Å². The molecule has 3 rings (SSSR count). The van der Waals surface area contributed by atoms with Gasteiger partial charge in [-0.1, -0.05) is 43.2 Å². The normalized spacial score (nSPS) is 29.2. The van der Waals surface area contributed by atoms with E-state index in [-0.39, 0.29) is 10.5 Å². The van der Waals surface area contributed by atoms with Crippen molar-refractivity contribution in [3.05, 3.63) is 30.3 Å². The van der Waals surface area contributed by atoms with Crippen LogP contribution in [0.1, 0.15) is 51.4 Å². The third-order valence-electron chi connectivity index (χ3n) is 4.77. The van der Waals surface area contributed by atoms with E-state index >= 15 is 0 Å². The highest BCUT2D eigenvalue weighted by atomic mass is 32.2. The molecule has 0 aromatic heterocycles. The van der Waals surface area contributed by atoms with Gasteiger partial charge in [0, 0.05) is 23.3 Å². The van der Waals surface area contributed by atoms with Crippen LogP contribution in [0.2, 0.25) is 0 Å². The molecule has 2 saturated carbocycles. The molecule has 1 aromatic carbocycles. The lowest BCUT2D eigenvalue weighted by molar-refractivity contribution is -0.119. The summed E-state index contributed by atoms with van der Waals surface area (Å²) in [6.07, 6.45) is 7.77. The summed E-state index contributed by atoms with van der Waals surface area (Å²) in [6, 6.07) is 10.4. The largest absolute Gasteiger partial charge is 0.299 e. The second-order valence-electron chi connectivity index (χ2n) is 6.20. The highest BCUT2D eigenvalue weighted by Gasteiger charge is 2.37. The smallest absolute Gasteiger partial charge is 0.144 e. The second-order valence-corrected chi connectivity index (χ2v) is 8.78. The average Bonchev–Trinajstić information content (AvgIpc) is 2.52. The molecular formula is C18H24O2S. The van der Waals surface area contributed by atoms with E-state index in [2.05, 4.69) is 12.1 Å². The Bertz CT molecular complexity index is 483. The number of Topliss-reactive ketones (excluding diaryl/α,β-unsaturated/α-hetero) is 2. The Morgan fingerprint density at radius 1 is 0.762 bits per heavy atom. The van der Waals surface area contributed by atoms with E-state index in [0.29, 0.717) is 11.6 Å². The van der Waals surface area contributed by atoms with Crippen molar-refractivity contribution >= 4 is 22.5 Å². The van der Waals surface area contributed by atoms with Crippen molar-refractivity contribution in [2.75, 3.05) is 0 Å². The van der Waals surface area contributed by atoms with Gasteiger partial charge in [-0.25, -0.2) is 10.9 Å². The highest BCUT2D eigenvalue weighted by molar-refractivity contribution is 8.19. The molecule has 0 aliphatic heterocycles. The summed E-state index contributed by atoms with van der Waals surface area (Å²) in [5.74, 6) is 0.823. The van der Waals surface area contributed by atoms with Crippen molar-refractivity contribution in [1.29, 1.82) is 0 Å². The number of hydrogen-bond acceptors (Lipinski definition) is 2. The van der Waals surface area contributed by atoms with Crippen molar-refractivity contribution in [2.24, 2.45) is 0 Å². The lowest BCUT2D eigenvalue weighted by Crippen LogP contribution is -2.34. The topological polar surface area (TPSA) is 34.1 Å². The summed E-state index contributed by atoms with van der Waals surface area (Å²) in [5.41, 5.74) is 0. The molecule has 0 N–H and O–H groups in total. The van der Waals surface area contributed by atoms with Gasteiger partial charge >= 0.3 is 0 Å². The fourth-order valence-corrected chi connectivity index (χ4v) is 7.17. The maximum atomic E-state index is 12.5. The Labute approximate surface area is 129 Å².